The van der Waals surface area contributed by atoms with Crippen molar-refractivity contribution in [1.29, 1.82) is 0 Å². The van der Waals surface area contributed by atoms with Gasteiger partial charge in [-0.2, -0.15) is 0 Å². The summed E-state index contributed by atoms with van der Waals surface area (Å²) in [5, 5.41) is 0.732. The molecule has 6 nitrogen and oxygen atoms in total. The number of pyridine rings is 1. The molecule has 0 aliphatic carbocycles. The predicted octanol–water partition coefficient (Wildman–Crippen LogP) is 21.6. The van der Waals surface area contributed by atoms with Gasteiger partial charge in [0.1, 0.15) is 35.5 Å². The lowest BCUT2D eigenvalue weighted by Crippen LogP contribution is -2.25. The molecule has 412 valence electrons. The van der Waals surface area contributed by atoms with Crippen LogP contribution in [0.25, 0.3) is 83.3 Å². The molecule has 5 aliphatic rings. The minimum Gasteiger partial charge on any atom is -0.457 e. The van der Waals surface area contributed by atoms with E-state index in [0.717, 1.165) is 72.8 Å². The molecule has 0 saturated heterocycles. The minimum atomic E-state index is -0.626. The Morgan fingerprint density at radius 2 is 0.988 bits per heavy atom. The Hall–Kier alpha value is -9.65. The fourth-order valence-electron chi connectivity index (χ4n) is 11.6. The van der Waals surface area contributed by atoms with Crippen molar-refractivity contribution in [3.63, 3.8) is 0 Å². The van der Waals surface area contributed by atoms with Gasteiger partial charge in [0.2, 0.25) is 0 Å². The second-order valence-electron chi connectivity index (χ2n) is 24.8. The third-order valence-electron chi connectivity index (χ3n) is 16.0. The zero-order valence-electron chi connectivity index (χ0n) is 61.3. The fourth-order valence-corrected chi connectivity index (χ4v) is 11.6. The van der Waals surface area contributed by atoms with E-state index in [0.29, 0.717) is 52.0 Å². The van der Waals surface area contributed by atoms with Crippen molar-refractivity contribution in [3.05, 3.63) is 253 Å². The van der Waals surface area contributed by atoms with Crippen LogP contribution in [0.15, 0.2) is 236 Å². The van der Waals surface area contributed by atoms with Crippen LogP contribution in [0, 0.1) is 0 Å². The smallest absolute Gasteiger partial charge is 0.137 e. The lowest BCUT2D eigenvalue weighted by Gasteiger charge is -2.31. The zero-order chi connectivity index (χ0) is 69.0. The van der Waals surface area contributed by atoms with Gasteiger partial charge in [0.05, 0.1) is 45.9 Å². The Labute approximate surface area is 512 Å². The molecule has 0 radical (unpaired) electrons. The molecule has 0 unspecified atom stereocenters. The van der Waals surface area contributed by atoms with E-state index in [1.807, 2.05) is 97.1 Å². The highest BCUT2D eigenvalue weighted by atomic mass is 16.5. The quantitative estimate of drug-likeness (QED) is 0.176. The lowest BCUT2D eigenvalue weighted by molar-refractivity contribution is 0.482. The van der Waals surface area contributed by atoms with Gasteiger partial charge in [-0.05, 0) is 163 Å². The van der Waals surface area contributed by atoms with Gasteiger partial charge in [0.25, 0.3) is 0 Å². The van der Waals surface area contributed by atoms with Gasteiger partial charge < -0.3 is 19.3 Å². The number of hydrogen-bond acceptors (Lipinski definition) is 5. The Morgan fingerprint density at radius 1 is 0.417 bits per heavy atom. The van der Waals surface area contributed by atoms with Crippen molar-refractivity contribution in [1.82, 2.24) is 9.55 Å². The third kappa shape index (κ3) is 9.55. The second-order valence-corrected chi connectivity index (χ2v) is 24.8. The summed E-state index contributed by atoms with van der Waals surface area (Å²) in [4.78, 5) is 9.68. The molecule has 12 bridgehead atoms. The SMILES string of the molecule is [2H]c1c([2H])c([2H])c(-c2cc(-c3cc(C(C)(C)C)cc4c3N3CN(c5cccc(c5)Oc5ccc6c7c([2H])c([2H])c(-c8c([2H])c([2H])c([2H])c([2H])c8[2H])c([2H])c7n(c6c5)-c5cc(C(C)(C)C)c(cn5)-c5ccc(cc5)Oc5ccc-4cc5)c4ccccc43)cc(C(C)(C)C)c2)c([2H])c1[2H]. The van der Waals surface area contributed by atoms with E-state index in [1.165, 1.54) is 0 Å². The monoisotopic (exact) mass is 1110 g/mol. The summed E-state index contributed by atoms with van der Waals surface area (Å²) in [6.45, 7) is 19.5. The van der Waals surface area contributed by atoms with Gasteiger partial charge in [0.15, 0.2) is 0 Å². The number of para-hydroxylation sites is 2. The molecular formula is C78H68N4O2. The van der Waals surface area contributed by atoms with Crippen molar-refractivity contribution < 1.29 is 27.3 Å². The topological polar surface area (TPSA) is 42.8 Å². The predicted molar refractivity (Wildman–Crippen MR) is 350 cm³/mol. The van der Waals surface area contributed by atoms with E-state index in [2.05, 4.69) is 115 Å². The van der Waals surface area contributed by atoms with Crippen LogP contribution in [0.5, 0.6) is 23.0 Å². The summed E-state index contributed by atoms with van der Waals surface area (Å²) in [6, 6.07) is 43.8. The number of anilines is 4. The first-order valence-corrected chi connectivity index (χ1v) is 28.3. The number of ether oxygens (including phenoxy) is 2. The van der Waals surface area contributed by atoms with Crippen molar-refractivity contribution in [3.8, 4) is 84.5 Å². The third-order valence-corrected chi connectivity index (χ3v) is 16.0. The zero-order valence-corrected chi connectivity index (χ0v) is 48.3. The highest BCUT2D eigenvalue weighted by molar-refractivity contribution is 6.10. The molecule has 0 atom stereocenters. The maximum absolute atomic E-state index is 10.1. The Kier molecular flexibility index (Phi) is 9.49. The standard InChI is InChI=1S/C78H68N4O2/c1-76(2,3)57-40-55(51-21-14-11-15-22-51)39-56(41-57)67-44-58(77(4,5)6)43-66-52-27-32-60(33-28-52)83-61-34-29-53(30-35-61)68-48-79-74(47-69(68)78(7,8)9)82-72-42-54(50-19-12-10-13-20-50)31-37-64(72)65-38-36-63(46-73(65)82)84-62-24-18-23-59(45-62)80-49-81(75(66)67)71-26-17-16-25-70(71)80/h10-48H,49H2,1-9H3/i10D,11D,12D,13D,14D,15D,19D,20D,21D,22D,31D,37D,42D. The van der Waals surface area contributed by atoms with Crippen molar-refractivity contribution >= 4 is 44.6 Å². The number of fused-ring (bicyclic) bond motifs is 6. The molecule has 0 N–H and O–H groups in total. The minimum absolute atomic E-state index is 0.114. The van der Waals surface area contributed by atoms with Crippen molar-refractivity contribution in [2.45, 2.75) is 78.6 Å². The summed E-state index contributed by atoms with van der Waals surface area (Å²) in [5.41, 5.74) is 10.7. The molecule has 17 rings (SSSR count). The first-order chi connectivity index (χ1) is 45.9. The molecule has 84 heavy (non-hydrogen) atoms. The number of benzene rings is 10. The second kappa shape index (κ2) is 20.1. The van der Waals surface area contributed by atoms with Crippen LogP contribution in [-0.2, 0) is 16.2 Å². The summed E-state index contributed by atoms with van der Waals surface area (Å²) in [7, 11) is 0. The van der Waals surface area contributed by atoms with Gasteiger partial charge >= 0.3 is 0 Å². The van der Waals surface area contributed by atoms with E-state index in [1.54, 1.807) is 22.9 Å². The largest absolute Gasteiger partial charge is 0.457 e. The molecule has 7 heterocycles. The van der Waals surface area contributed by atoms with E-state index in [9.17, 15) is 6.85 Å². The van der Waals surface area contributed by atoms with Gasteiger partial charge in [-0.1, -0.05) is 189 Å². The first-order valence-electron chi connectivity index (χ1n) is 34.8. The molecule has 0 fully saturated rings. The number of aromatic nitrogens is 2. The number of nitrogens with zero attached hydrogens (tertiary/aromatic N) is 4. The maximum Gasteiger partial charge on any atom is 0.137 e. The first kappa shape index (κ1) is 39.7. The molecule has 6 heteroatoms. The highest BCUT2D eigenvalue weighted by Crippen LogP contribution is 2.53. The fraction of sp³-hybridized carbons (Fsp3) is 0.167. The van der Waals surface area contributed by atoms with Crippen molar-refractivity contribution in [2.24, 2.45) is 0 Å². The van der Waals surface area contributed by atoms with Gasteiger partial charge in [-0.25, -0.2) is 4.98 Å². The van der Waals surface area contributed by atoms with Crippen LogP contribution in [0.3, 0.4) is 0 Å². The van der Waals surface area contributed by atoms with Crippen LogP contribution in [-0.4, -0.2) is 16.2 Å². The van der Waals surface area contributed by atoms with E-state index in [4.69, 9.17) is 25.4 Å². The van der Waals surface area contributed by atoms with Crippen LogP contribution >= 0.6 is 0 Å². The average Bonchev–Trinajstić information content (AvgIpc) is 1.55. The summed E-state index contributed by atoms with van der Waals surface area (Å²) >= 11 is 0. The number of rotatable bonds is 3. The Morgan fingerprint density at radius 3 is 1.64 bits per heavy atom. The molecule has 0 saturated carbocycles. The van der Waals surface area contributed by atoms with Gasteiger partial charge in [-0.3, -0.25) is 4.57 Å². The van der Waals surface area contributed by atoms with Crippen LogP contribution < -0.4 is 19.3 Å². The maximum atomic E-state index is 10.1. The van der Waals surface area contributed by atoms with Crippen LogP contribution in [0.4, 0.5) is 22.7 Å². The molecule has 2 aromatic heterocycles. The van der Waals surface area contributed by atoms with Gasteiger partial charge in [-0.15, -0.1) is 0 Å². The summed E-state index contributed by atoms with van der Waals surface area (Å²) in [6.07, 6.45) is 1.78. The van der Waals surface area contributed by atoms with Crippen molar-refractivity contribution in [2.75, 3.05) is 16.5 Å². The lowest BCUT2D eigenvalue weighted by atomic mass is 9.80. The molecule has 12 aromatic rings. The van der Waals surface area contributed by atoms with Crippen LogP contribution in [0.1, 0.15) is 96.8 Å². The number of hydrogen-bond donors (Lipinski definition) is 0. The van der Waals surface area contributed by atoms with Gasteiger partial charge in [0, 0.05) is 51.5 Å². The molecule has 0 spiro atoms. The van der Waals surface area contributed by atoms with E-state index < -0.39 is 65.2 Å². The highest BCUT2D eigenvalue weighted by Gasteiger charge is 2.34. The van der Waals surface area contributed by atoms with E-state index >= 15 is 0 Å². The van der Waals surface area contributed by atoms with E-state index in [-0.39, 0.29) is 57.2 Å². The molecule has 0 amide bonds. The normalized spacial score (nSPS) is 15.3. The van der Waals surface area contributed by atoms with Crippen LogP contribution in [0.2, 0.25) is 0 Å². The summed E-state index contributed by atoms with van der Waals surface area (Å²) in [5.74, 6) is 2.43. The molecule has 5 aliphatic heterocycles. The molecule has 10 aromatic carbocycles. The average molecular weight is 1110 g/mol. The Bertz CT molecular complexity index is 5260. The summed E-state index contributed by atoms with van der Waals surface area (Å²) < 4.78 is 133. The Balaban J connectivity index is 1.01. The molecular weight excluding hydrogens is 1020 g/mol.